The first-order chi connectivity index (χ1) is 5.41. The van der Waals surface area contributed by atoms with Crippen molar-refractivity contribution >= 4 is 0 Å². The fourth-order valence-electron chi connectivity index (χ4n) is 1.13. The molecule has 0 aromatic rings. The van der Waals surface area contributed by atoms with Crippen molar-refractivity contribution in [1.29, 1.82) is 0 Å². The van der Waals surface area contributed by atoms with Crippen LogP contribution in [0.1, 0.15) is 51.9 Å². The maximum atomic E-state index is 6.77. The molecule has 1 nitrogen and oxygen atoms in total. The fraction of sp³-hybridized carbons (Fsp3) is 0.800. The summed E-state index contributed by atoms with van der Waals surface area (Å²) in [6, 6.07) is 0. The van der Waals surface area contributed by atoms with Crippen LogP contribution in [0.15, 0.2) is 12.3 Å². The highest BCUT2D eigenvalue weighted by atomic mass is 14.5. The molecule has 11 heavy (non-hydrogen) atoms. The standard InChI is InChI=1S/C10H20N/c1-2-3-4-5-6-7-8-9-10-11/h9-11H,2-8H2,1H3. The van der Waals surface area contributed by atoms with Gasteiger partial charge >= 0.3 is 0 Å². The molecule has 0 bridgehead atoms. The van der Waals surface area contributed by atoms with Crippen molar-refractivity contribution in [2.45, 2.75) is 51.9 Å². The van der Waals surface area contributed by atoms with Gasteiger partial charge in [-0.2, -0.15) is 0 Å². The minimum Gasteiger partial charge on any atom is -0.309 e. The van der Waals surface area contributed by atoms with Gasteiger partial charge in [0.1, 0.15) is 0 Å². The second-order valence-corrected chi connectivity index (χ2v) is 2.96. The zero-order valence-electron chi connectivity index (χ0n) is 7.60. The largest absolute Gasteiger partial charge is 0.309 e. The molecule has 0 aliphatic rings. The van der Waals surface area contributed by atoms with Crippen LogP contribution in [0.3, 0.4) is 0 Å². The predicted octanol–water partition coefficient (Wildman–Crippen LogP) is 3.53. The molecule has 0 saturated heterocycles. The van der Waals surface area contributed by atoms with Gasteiger partial charge in [0.05, 0.1) is 0 Å². The summed E-state index contributed by atoms with van der Waals surface area (Å²) in [5.41, 5.74) is 6.77. The van der Waals surface area contributed by atoms with Crippen LogP contribution in [0, 0.1) is 0 Å². The molecule has 0 unspecified atom stereocenters. The molecule has 0 aliphatic carbocycles. The molecule has 0 aromatic heterocycles. The summed E-state index contributed by atoms with van der Waals surface area (Å²) in [6.45, 7) is 2.24. The highest BCUT2D eigenvalue weighted by Crippen LogP contribution is 2.06. The molecule has 0 rings (SSSR count). The van der Waals surface area contributed by atoms with Gasteiger partial charge in [-0.1, -0.05) is 45.1 Å². The molecular formula is C10H20N. The summed E-state index contributed by atoms with van der Waals surface area (Å²) in [6.07, 6.45) is 12.5. The Balaban J connectivity index is 2.79. The van der Waals surface area contributed by atoms with Gasteiger partial charge in [-0.05, 0) is 12.8 Å². The summed E-state index contributed by atoms with van der Waals surface area (Å²) >= 11 is 0. The van der Waals surface area contributed by atoms with E-state index in [1.165, 1.54) is 44.7 Å². The second kappa shape index (κ2) is 9.54. The van der Waals surface area contributed by atoms with Gasteiger partial charge < -0.3 is 5.73 Å². The van der Waals surface area contributed by atoms with E-state index in [1.54, 1.807) is 0 Å². The minimum absolute atomic E-state index is 1.09. The van der Waals surface area contributed by atoms with Crippen molar-refractivity contribution < 1.29 is 0 Å². The van der Waals surface area contributed by atoms with Gasteiger partial charge in [0, 0.05) is 6.20 Å². The third-order valence-electron chi connectivity index (χ3n) is 1.84. The van der Waals surface area contributed by atoms with Gasteiger partial charge in [-0.15, -0.1) is 0 Å². The summed E-state index contributed by atoms with van der Waals surface area (Å²) in [5, 5.41) is 0. The molecule has 0 heterocycles. The number of hydrogen-bond donors (Lipinski definition) is 0. The lowest BCUT2D eigenvalue weighted by Gasteiger charge is -1.96. The SMILES string of the molecule is CCCCCCCCC=C[NH]. The first kappa shape index (κ1) is 10.5. The van der Waals surface area contributed by atoms with E-state index >= 15 is 0 Å². The molecule has 0 aliphatic heterocycles. The van der Waals surface area contributed by atoms with E-state index in [1.807, 2.05) is 6.08 Å². The fourth-order valence-corrected chi connectivity index (χ4v) is 1.13. The zero-order valence-corrected chi connectivity index (χ0v) is 7.60. The van der Waals surface area contributed by atoms with Gasteiger partial charge in [-0.3, -0.25) is 0 Å². The van der Waals surface area contributed by atoms with E-state index in [4.69, 9.17) is 5.73 Å². The Morgan fingerprint density at radius 3 is 2.27 bits per heavy atom. The molecule has 1 heteroatoms. The van der Waals surface area contributed by atoms with E-state index < -0.39 is 0 Å². The summed E-state index contributed by atoms with van der Waals surface area (Å²) < 4.78 is 0. The molecule has 1 N–H and O–H groups in total. The molecule has 0 amide bonds. The molecule has 1 radical (unpaired) electrons. The topological polar surface area (TPSA) is 23.8 Å². The Kier molecular flexibility index (Phi) is 9.14. The average molecular weight is 154 g/mol. The average Bonchev–Trinajstić information content (AvgIpc) is 2.03. The van der Waals surface area contributed by atoms with Crippen LogP contribution < -0.4 is 5.73 Å². The van der Waals surface area contributed by atoms with Crippen molar-refractivity contribution in [2.75, 3.05) is 0 Å². The number of hydrogen-bond acceptors (Lipinski definition) is 0. The summed E-state index contributed by atoms with van der Waals surface area (Å²) in [4.78, 5) is 0. The van der Waals surface area contributed by atoms with Crippen LogP contribution in [0.25, 0.3) is 0 Å². The third kappa shape index (κ3) is 9.54. The Morgan fingerprint density at radius 2 is 1.64 bits per heavy atom. The Morgan fingerprint density at radius 1 is 1.00 bits per heavy atom. The van der Waals surface area contributed by atoms with Crippen LogP contribution in [0.2, 0.25) is 0 Å². The Bertz CT molecular complexity index is 86.9. The number of rotatable bonds is 7. The maximum absolute atomic E-state index is 6.77. The first-order valence-electron chi connectivity index (χ1n) is 4.74. The summed E-state index contributed by atoms with van der Waals surface area (Å²) in [5.74, 6) is 0. The van der Waals surface area contributed by atoms with Gasteiger partial charge in [0.15, 0.2) is 0 Å². The molecule has 0 saturated carbocycles. The van der Waals surface area contributed by atoms with Gasteiger partial charge in [0.25, 0.3) is 0 Å². The quantitative estimate of drug-likeness (QED) is 0.501. The van der Waals surface area contributed by atoms with Crippen molar-refractivity contribution in [3.8, 4) is 0 Å². The number of allylic oxidation sites excluding steroid dienone is 1. The van der Waals surface area contributed by atoms with Crippen LogP contribution in [0.4, 0.5) is 0 Å². The molecule has 0 fully saturated rings. The van der Waals surface area contributed by atoms with Crippen molar-refractivity contribution in [2.24, 2.45) is 0 Å². The molecule has 0 atom stereocenters. The molecule has 0 spiro atoms. The number of unbranched alkanes of at least 4 members (excludes halogenated alkanes) is 6. The van der Waals surface area contributed by atoms with Crippen LogP contribution in [-0.2, 0) is 0 Å². The van der Waals surface area contributed by atoms with E-state index in [2.05, 4.69) is 6.92 Å². The first-order valence-corrected chi connectivity index (χ1v) is 4.74. The Hall–Kier alpha value is -0.460. The highest BCUT2D eigenvalue weighted by Gasteiger charge is 1.87. The van der Waals surface area contributed by atoms with E-state index in [0.717, 1.165) is 6.42 Å². The molecule has 65 valence electrons. The van der Waals surface area contributed by atoms with Crippen molar-refractivity contribution in [3.63, 3.8) is 0 Å². The second-order valence-electron chi connectivity index (χ2n) is 2.96. The van der Waals surface area contributed by atoms with Crippen LogP contribution in [-0.4, -0.2) is 0 Å². The van der Waals surface area contributed by atoms with E-state index in [-0.39, 0.29) is 0 Å². The zero-order chi connectivity index (χ0) is 8.36. The van der Waals surface area contributed by atoms with E-state index in [0.29, 0.717) is 0 Å². The molecule has 0 aromatic carbocycles. The normalized spacial score (nSPS) is 11.0. The lowest BCUT2D eigenvalue weighted by Crippen LogP contribution is -1.77. The van der Waals surface area contributed by atoms with Gasteiger partial charge in [-0.25, -0.2) is 0 Å². The Labute approximate surface area is 70.7 Å². The van der Waals surface area contributed by atoms with Crippen molar-refractivity contribution in [1.82, 2.24) is 5.73 Å². The summed E-state index contributed by atoms with van der Waals surface area (Å²) in [7, 11) is 0. The lowest BCUT2D eigenvalue weighted by atomic mass is 10.1. The molecular weight excluding hydrogens is 134 g/mol. The third-order valence-corrected chi connectivity index (χ3v) is 1.84. The number of nitrogens with one attached hydrogen (secondary N) is 1. The van der Waals surface area contributed by atoms with Crippen LogP contribution in [0.5, 0.6) is 0 Å². The smallest absolute Gasteiger partial charge is 0.0137 e. The minimum atomic E-state index is 1.09. The van der Waals surface area contributed by atoms with Crippen molar-refractivity contribution in [3.05, 3.63) is 12.3 Å². The predicted molar refractivity (Wildman–Crippen MR) is 50.2 cm³/mol. The van der Waals surface area contributed by atoms with Gasteiger partial charge in [0.2, 0.25) is 0 Å². The monoisotopic (exact) mass is 154 g/mol. The lowest BCUT2D eigenvalue weighted by molar-refractivity contribution is 0.611. The maximum Gasteiger partial charge on any atom is 0.0137 e. The van der Waals surface area contributed by atoms with Crippen LogP contribution >= 0.6 is 0 Å². The highest BCUT2D eigenvalue weighted by molar-refractivity contribution is 4.74. The van der Waals surface area contributed by atoms with E-state index in [9.17, 15) is 0 Å².